The highest BCUT2D eigenvalue weighted by Gasteiger charge is 2.31. The molecule has 0 atom stereocenters. The predicted molar refractivity (Wildman–Crippen MR) is 138 cm³/mol. The molecular weight excluding hydrogens is 438 g/mol. The van der Waals surface area contributed by atoms with Crippen molar-refractivity contribution in [1.82, 2.24) is 15.0 Å². The number of methoxy groups -OCH3 is 1. The van der Waals surface area contributed by atoms with Gasteiger partial charge in [-0.15, -0.1) is 0 Å². The largest absolute Gasteiger partial charge is 0.497 e. The Morgan fingerprint density at radius 2 is 1.71 bits per heavy atom. The van der Waals surface area contributed by atoms with Crippen molar-refractivity contribution < 1.29 is 9.47 Å². The summed E-state index contributed by atoms with van der Waals surface area (Å²) < 4.78 is 11.9. The van der Waals surface area contributed by atoms with Gasteiger partial charge in [-0.2, -0.15) is 4.98 Å². The molecule has 6 rings (SSSR count). The van der Waals surface area contributed by atoms with E-state index in [0.717, 1.165) is 65.7 Å². The number of benzene rings is 2. The Morgan fingerprint density at radius 3 is 2.57 bits per heavy atom. The summed E-state index contributed by atoms with van der Waals surface area (Å²) >= 11 is 0. The van der Waals surface area contributed by atoms with Gasteiger partial charge >= 0.3 is 0 Å². The Morgan fingerprint density at radius 1 is 0.857 bits per heavy atom. The number of nitrogens with zero attached hydrogens (tertiary/aromatic N) is 5. The quantitative estimate of drug-likeness (QED) is 0.397. The Kier molecular flexibility index (Phi) is 5.82. The van der Waals surface area contributed by atoms with Gasteiger partial charge in [0, 0.05) is 24.7 Å². The Hall–Kier alpha value is -3.87. The number of ether oxygens (including phenoxy) is 2. The maximum Gasteiger partial charge on any atom is 0.228 e. The third-order valence-corrected chi connectivity index (χ3v) is 6.79. The van der Waals surface area contributed by atoms with Crippen molar-refractivity contribution in [1.29, 1.82) is 0 Å². The normalized spacial score (nSPS) is 16.3. The van der Waals surface area contributed by atoms with E-state index in [2.05, 4.69) is 34.1 Å². The number of anilines is 2. The van der Waals surface area contributed by atoms with Crippen molar-refractivity contribution in [3.63, 3.8) is 0 Å². The molecule has 0 N–H and O–H groups in total. The van der Waals surface area contributed by atoms with E-state index in [-0.39, 0.29) is 6.10 Å². The smallest absolute Gasteiger partial charge is 0.228 e. The fourth-order valence-electron chi connectivity index (χ4n) is 4.77. The molecule has 0 bridgehead atoms. The minimum Gasteiger partial charge on any atom is -0.497 e. The van der Waals surface area contributed by atoms with Crippen LogP contribution in [-0.2, 0) is 0 Å². The van der Waals surface area contributed by atoms with Gasteiger partial charge in [0.1, 0.15) is 17.7 Å². The van der Waals surface area contributed by atoms with Crippen LogP contribution in [0, 0.1) is 0 Å². The molecule has 0 saturated carbocycles. The van der Waals surface area contributed by atoms with E-state index in [1.807, 2.05) is 42.6 Å². The number of aromatic nitrogens is 3. The van der Waals surface area contributed by atoms with Gasteiger partial charge in [-0.3, -0.25) is 0 Å². The van der Waals surface area contributed by atoms with Crippen LogP contribution in [0.15, 0.2) is 66.9 Å². The molecule has 0 amide bonds. The molecule has 7 heteroatoms. The molecule has 2 aromatic carbocycles. The zero-order chi connectivity index (χ0) is 23.6. The van der Waals surface area contributed by atoms with Crippen LogP contribution in [0.5, 0.6) is 11.6 Å². The number of pyridine rings is 1. The second kappa shape index (κ2) is 9.41. The molecule has 7 nitrogen and oxygen atoms in total. The van der Waals surface area contributed by atoms with E-state index >= 15 is 0 Å². The highest BCUT2D eigenvalue weighted by Crippen LogP contribution is 2.34. The lowest BCUT2D eigenvalue weighted by Gasteiger charge is -2.40. The molecule has 35 heavy (non-hydrogen) atoms. The van der Waals surface area contributed by atoms with E-state index in [1.165, 1.54) is 19.3 Å². The predicted octanol–water partition coefficient (Wildman–Crippen LogP) is 4.96. The summed E-state index contributed by atoms with van der Waals surface area (Å²) in [6, 6.07) is 20.4. The first-order valence-electron chi connectivity index (χ1n) is 12.3. The first kappa shape index (κ1) is 21.6. The lowest BCUT2D eigenvalue weighted by molar-refractivity contribution is 0.161. The van der Waals surface area contributed by atoms with Crippen LogP contribution in [0.2, 0.25) is 0 Å². The molecule has 0 spiro atoms. The second-order valence-corrected chi connectivity index (χ2v) is 9.18. The first-order valence-corrected chi connectivity index (χ1v) is 12.3. The number of fused-ring (bicyclic) bond motifs is 1. The van der Waals surface area contributed by atoms with Crippen molar-refractivity contribution >= 4 is 22.7 Å². The third-order valence-electron chi connectivity index (χ3n) is 6.79. The molecular formula is C28H29N5O2. The van der Waals surface area contributed by atoms with Crippen LogP contribution in [0.4, 0.5) is 11.8 Å². The van der Waals surface area contributed by atoms with Gasteiger partial charge < -0.3 is 19.3 Å². The molecule has 2 aliphatic rings. The van der Waals surface area contributed by atoms with Gasteiger partial charge in [0.15, 0.2) is 0 Å². The van der Waals surface area contributed by atoms with Gasteiger partial charge in [0.05, 0.1) is 31.3 Å². The summed E-state index contributed by atoms with van der Waals surface area (Å²) in [6.07, 6.45) is 5.54. The van der Waals surface area contributed by atoms with Crippen LogP contribution < -0.4 is 19.3 Å². The Bertz CT molecular complexity index is 1330. The van der Waals surface area contributed by atoms with Crippen LogP contribution in [0.1, 0.15) is 19.3 Å². The molecule has 4 heterocycles. The molecule has 2 fully saturated rings. The average molecular weight is 468 g/mol. The van der Waals surface area contributed by atoms with Gasteiger partial charge in [-0.05, 0) is 55.2 Å². The fourth-order valence-corrected chi connectivity index (χ4v) is 4.77. The monoisotopic (exact) mass is 467 g/mol. The maximum atomic E-state index is 6.49. The highest BCUT2D eigenvalue weighted by molar-refractivity contribution is 5.80. The molecule has 2 aliphatic heterocycles. The summed E-state index contributed by atoms with van der Waals surface area (Å²) in [7, 11) is 1.68. The summed E-state index contributed by atoms with van der Waals surface area (Å²) in [5.74, 6) is 3.16. The SMILES string of the molecule is COc1cccc(-c2cnc(N3CCCCC3)nc2OC2CN(c3ccc4ccccc4n3)C2)c1. The number of hydrogen-bond acceptors (Lipinski definition) is 7. The molecule has 0 aliphatic carbocycles. The maximum absolute atomic E-state index is 6.49. The van der Waals surface area contributed by atoms with Gasteiger partial charge in [-0.25, -0.2) is 9.97 Å². The summed E-state index contributed by atoms with van der Waals surface area (Å²) in [5.41, 5.74) is 2.88. The van der Waals surface area contributed by atoms with E-state index < -0.39 is 0 Å². The minimum atomic E-state index is 0.0386. The molecule has 2 saturated heterocycles. The standard InChI is InChI=1S/C28H29N5O2/c1-34-22-10-7-9-21(16-22)24-17-29-28(32-14-5-2-6-15-32)31-27(24)35-23-18-33(19-23)26-13-12-20-8-3-4-11-25(20)30-26/h3-4,7-13,16-17,23H,2,5-6,14-15,18-19H2,1H3. The van der Waals surface area contributed by atoms with Crippen LogP contribution >= 0.6 is 0 Å². The topological polar surface area (TPSA) is 63.6 Å². The number of piperidine rings is 1. The molecule has 178 valence electrons. The summed E-state index contributed by atoms with van der Waals surface area (Å²) in [4.78, 5) is 18.9. The average Bonchev–Trinajstić information content (AvgIpc) is 2.90. The van der Waals surface area contributed by atoms with Crippen molar-refractivity contribution in [3.8, 4) is 22.8 Å². The molecule has 0 unspecified atom stereocenters. The van der Waals surface area contributed by atoms with E-state index in [4.69, 9.17) is 24.4 Å². The number of rotatable bonds is 6. The van der Waals surface area contributed by atoms with E-state index in [1.54, 1.807) is 7.11 Å². The second-order valence-electron chi connectivity index (χ2n) is 9.18. The fraction of sp³-hybridized carbons (Fsp3) is 0.321. The van der Waals surface area contributed by atoms with E-state index in [9.17, 15) is 0 Å². The van der Waals surface area contributed by atoms with E-state index in [0.29, 0.717) is 5.88 Å². The lowest BCUT2D eigenvalue weighted by Crippen LogP contribution is -2.54. The Balaban J connectivity index is 1.24. The van der Waals surface area contributed by atoms with Crippen LogP contribution in [0.25, 0.3) is 22.0 Å². The zero-order valence-electron chi connectivity index (χ0n) is 19.9. The van der Waals surface area contributed by atoms with Crippen LogP contribution in [-0.4, -0.2) is 54.3 Å². The first-order chi connectivity index (χ1) is 17.3. The highest BCUT2D eigenvalue weighted by atomic mass is 16.5. The number of hydrogen-bond donors (Lipinski definition) is 0. The third kappa shape index (κ3) is 4.46. The van der Waals surface area contributed by atoms with Gasteiger partial charge in [-0.1, -0.05) is 30.3 Å². The minimum absolute atomic E-state index is 0.0386. The number of para-hydroxylation sites is 1. The van der Waals surface area contributed by atoms with Gasteiger partial charge in [0.25, 0.3) is 0 Å². The van der Waals surface area contributed by atoms with Crippen molar-refractivity contribution in [2.75, 3.05) is 43.1 Å². The van der Waals surface area contributed by atoms with Crippen LogP contribution in [0.3, 0.4) is 0 Å². The zero-order valence-corrected chi connectivity index (χ0v) is 19.9. The summed E-state index contributed by atoms with van der Waals surface area (Å²) in [6.45, 7) is 3.52. The summed E-state index contributed by atoms with van der Waals surface area (Å²) in [5, 5.41) is 1.15. The van der Waals surface area contributed by atoms with Gasteiger partial charge in [0.2, 0.25) is 11.8 Å². The van der Waals surface area contributed by atoms with Crippen molar-refractivity contribution in [3.05, 3.63) is 66.9 Å². The molecule has 0 radical (unpaired) electrons. The molecule has 2 aromatic heterocycles. The lowest BCUT2D eigenvalue weighted by atomic mass is 10.1. The van der Waals surface area contributed by atoms with Crippen molar-refractivity contribution in [2.24, 2.45) is 0 Å². The molecule has 4 aromatic rings. The Labute approximate surface area is 205 Å². The van der Waals surface area contributed by atoms with Crippen molar-refractivity contribution in [2.45, 2.75) is 25.4 Å².